The Bertz CT molecular complexity index is 331. The van der Waals surface area contributed by atoms with Crippen molar-refractivity contribution in [1.29, 1.82) is 0 Å². The van der Waals surface area contributed by atoms with Crippen molar-refractivity contribution in [3.05, 3.63) is 0 Å². The van der Waals surface area contributed by atoms with Crippen LogP contribution in [0.3, 0.4) is 0 Å². The van der Waals surface area contributed by atoms with Crippen molar-refractivity contribution in [2.45, 2.75) is 62.7 Å². The van der Waals surface area contributed by atoms with Gasteiger partial charge in [0.05, 0.1) is 11.5 Å². The Labute approximate surface area is 116 Å². The normalized spacial score (nSPS) is 29.9. The van der Waals surface area contributed by atoms with Gasteiger partial charge in [0.1, 0.15) is 0 Å². The minimum absolute atomic E-state index is 0. The molecule has 3 N–H and O–H groups in total. The van der Waals surface area contributed by atoms with Crippen molar-refractivity contribution in [3.8, 4) is 0 Å². The van der Waals surface area contributed by atoms with Gasteiger partial charge in [-0.3, -0.25) is 4.79 Å². The van der Waals surface area contributed by atoms with Gasteiger partial charge < -0.3 is 11.1 Å². The highest BCUT2D eigenvalue weighted by atomic mass is 35.5. The molecule has 2 aliphatic rings. The molecule has 3 nitrogen and oxygen atoms in total. The fourth-order valence-electron chi connectivity index (χ4n) is 2.73. The number of nitrogens with two attached hydrogens (primary N) is 1. The van der Waals surface area contributed by atoms with E-state index in [1.165, 1.54) is 0 Å². The van der Waals surface area contributed by atoms with Gasteiger partial charge in [-0.25, -0.2) is 0 Å². The Kier molecular flexibility index (Phi) is 5.12. The lowest BCUT2D eigenvalue weighted by Gasteiger charge is -2.39. The molecule has 0 bridgehead atoms. The lowest BCUT2D eigenvalue weighted by molar-refractivity contribution is -0.184. The third kappa shape index (κ3) is 3.75. The average molecular weight is 301 g/mol. The van der Waals surface area contributed by atoms with Crippen molar-refractivity contribution >= 4 is 18.3 Å². The minimum atomic E-state index is -4.15. The summed E-state index contributed by atoms with van der Waals surface area (Å²) in [5.41, 5.74) is 5.02. The second-order valence-corrected chi connectivity index (χ2v) is 5.59. The predicted octanol–water partition coefficient (Wildman–Crippen LogP) is 2.53. The van der Waals surface area contributed by atoms with Crippen LogP contribution in [0.5, 0.6) is 0 Å². The van der Waals surface area contributed by atoms with E-state index >= 15 is 0 Å². The minimum Gasteiger partial charge on any atom is -0.352 e. The van der Waals surface area contributed by atoms with E-state index in [1.807, 2.05) is 0 Å². The van der Waals surface area contributed by atoms with Gasteiger partial charge >= 0.3 is 6.18 Å². The fraction of sp³-hybridized carbons (Fsp3) is 0.917. The number of amides is 1. The van der Waals surface area contributed by atoms with E-state index < -0.39 is 17.6 Å². The summed E-state index contributed by atoms with van der Waals surface area (Å²) in [5, 5.41) is 2.70. The lowest BCUT2D eigenvalue weighted by atomic mass is 9.76. The van der Waals surface area contributed by atoms with E-state index in [0.717, 1.165) is 6.42 Å². The number of rotatable bonds is 2. The molecular weight excluding hydrogens is 281 g/mol. The van der Waals surface area contributed by atoms with E-state index in [1.54, 1.807) is 0 Å². The summed E-state index contributed by atoms with van der Waals surface area (Å²) in [6.45, 7) is 0. The van der Waals surface area contributed by atoms with Crippen LogP contribution in [0.2, 0.25) is 0 Å². The molecule has 2 fully saturated rings. The molecule has 2 aliphatic carbocycles. The molecule has 19 heavy (non-hydrogen) atoms. The third-order valence-corrected chi connectivity index (χ3v) is 4.17. The topological polar surface area (TPSA) is 55.1 Å². The highest BCUT2D eigenvalue weighted by Gasteiger charge is 2.44. The molecule has 1 amide bonds. The van der Waals surface area contributed by atoms with Gasteiger partial charge in [0.25, 0.3) is 0 Å². The van der Waals surface area contributed by atoms with Crippen LogP contribution in [0.1, 0.15) is 44.9 Å². The summed E-state index contributed by atoms with van der Waals surface area (Å²) in [5.74, 6) is -1.56. The molecule has 0 aromatic rings. The maximum atomic E-state index is 12.6. The van der Waals surface area contributed by atoms with Gasteiger partial charge in [-0.05, 0) is 38.5 Å². The molecular formula is C12H20ClF3N2O. The second-order valence-electron chi connectivity index (χ2n) is 5.59. The average Bonchev–Trinajstić information content (AvgIpc) is 2.25. The van der Waals surface area contributed by atoms with E-state index in [9.17, 15) is 18.0 Å². The number of hydrogen-bond donors (Lipinski definition) is 2. The SMILES string of the molecule is Cl.NC1(C(=O)NC2CCCC(C(F)(F)F)C2)CCC1. The number of carbonyl (C=O) groups is 1. The zero-order valence-electron chi connectivity index (χ0n) is 10.6. The van der Waals surface area contributed by atoms with E-state index in [-0.39, 0.29) is 37.2 Å². The maximum absolute atomic E-state index is 12.6. The van der Waals surface area contributed by atoms with Gasteiger partial charge in [-0.2, -0.15) is 13.2 Å². The highest BCUT2D eigenvalue weighted by molar-refractivity contribution is 5.87. The second kappa shape index (κ2) is 5.87. The number of carbonyl (C=O) groups excluding carboxylic acids is 1. The molecule has 2 rings (SSSR count). The molecule has 0 aromatic heterocycles. The predicted molar refractivity (Wildman–Crippen MR) is 68.0 cm³/mol. The number of nitrogens with one attached hydrogen (secondary N) is 1. The van der Waals surface area contributed by atoms with Crippen LogP contribution >= 0.6 is 12.4 Å². The quantitative estimate of drug-likeness (QED) is 0.823. The molecule has 0 spiro atoms. The molecule has 0 aliphatic heterocycles. The van der Waals surface area contributed by atoms with Crippen molar-refractivity contribution in [2.24, 2.45) is 11.7 Å². The Morgan fingerprint density at radius 3 is 2.32 bits per heavy atom. The van der Waals surface area contributed by atoms with Crippen LogP contribution in [-0.4, -0.2) is 23.7 Å². The van der Waals surface area contributed by atoms with Gasteiger partial charge in [-0.15, -0.1) is 12.4 Å². The summed E-state index contributed by atoms with van der Waals surface area (Å²) in [4.78, 5) is 11.9. The van der Waals surface area contributed by atoms with Crippen LogP contribution in [-0.2, 0) is 4.79 Å². The number of hydrogen-bond acceptors (Lipinski definition) is 2. The van der Waals surface area contributed by atoms with Gasteiger partial charge in [0, 0.05) is 6.04 Å². The summed E-state index contributed by atoms with van der Waals surface area (Å²) < 4.78 is 37.9. The van der Waals surface area contributed by atoms with Crippen molar-refractivity contribution < 1.29 is 18.0 Å². The van der Waals surface area contributed by atoms with Gasteiger partial charge in [0.2, 0.25) is 5.91 Å². The van der Waals surface area contributed by atoms with Crippen LogP contribution in [0.15, 0.2) is 0 Å². The van der Waals surface area contributed by atoms with Crippen LogP contribution in [0, 0.1) is 5.92 Å². The summed E-state index contributed by atoms with van der Waals surface area (Å²) in [7, 11) is 0. The summed E-state index contributed by atoms with van der Waals surface area (Å²) in [6.07, 6.45) is -0.682. The Balaban J connectivity index is 0.00000180. The zero-order valence-corrected chi connectivity index (χ0v) is 11.4. The first kappa shape index (κ1) is 16.6. The summed E-state index contributed by atoms with van der Waals surface area (Å²) >= 11 is 0. The molecule has 112 valence electrons. The third-order valence-electron chi connectivity index (χ3n) is 4.17. The fourth-order valence-corrected chi connectivity index (χ4v) is 2.73. The number of alkyl halides is 3. The molecule has 0 aromatic carbocycles. The Morgan fingerprint density at radius 2 is 1.84 bits per heavy atom. The van der Waals surface area contributed by atoms with Gasteiger partial charge in [-0.1, -0.05) is 6.42 Å². The van der Waals surface area contributed by atoms with E-state index in [4.69, 9.17) is 5.73 Å². The molecule has 2 saturated carbocycles. The zero-order chi connectivity index (χ0) is 13.4. The summed E-state index contributed by atoms with van der Waals surface area (Å²) in [6, 6.07) is -0.376. The maximum Gasteiger partial charge on any atom is 0.391 e. The Morgan fingerprint density at radius 1 is 1.21 bits per heavy atom. The smallest absolute Gasteiger partial charge is 0.352 e. The molecule has 0 radical (unpaired) electrons. The lowest BCUT2D eigenvalue weighted by Crippen LogP contribution is -2.60. The first-order valence-corrected chi connectivity index (χ1v) is 6.48. The first-order chi connectivity index (χ1) is 8.31. The van der Waals surface area contributed by atoms with Crippen molar-refractivity contribution in [3.63, 3.8) is 0 Å². The molecule has 7 heteroatoms. The molecule has 0 saturated heterocycles. The molecule has 2 unspecified atom stereocenters. The van der Waals surface area contributed by atoms with E-state index in [0.29, 0.717) is 25.7 Å². The first-order valence-electron chi connectivity index (χ1n) is 6.48. The number of halogens is 4. The van der Waals surface area contributed by atoms with Gasteiger partial charge in [0.15, 0.2) is 0 Å². The Hall–Kier alpha value is -0.490. The van der Waals surface area contributed by atoms with Crippen LogP contribution < -0.4 is 11.1 Å². The standard InChI is InChI=1S/C12H19F3N2O.ClH/c13-12(14,15)8-3-1-4-9(7-8)17-10(18)11(16)5-2-6-11;/h8-9H,1-7,16H2,(H,17,18);1H. The van der Waals surface area contributed by atoms with E-state index in [2.05, 4.69) is 5.32 Å². The largest absolute Gasteiger partial charge is 0.391 e. The molecule has 0 heterocycles. The van der Waals surface area contributed by atoms with Crippen molar-refractivity contribution in [2.75, 3.05) is 0 Å². The highest BCUT2D eigenvalue weighted by Crippen LogP contribution is 2.38. The van der Waals surface area contributed by atoms with Crippen molar-refractivity contribution in [1.82, 2.24) is 5.32 Å². The van der Waals surface area contributed by atoms with Crippen LogP contribution in [0.25, 0.3) is 0 Å². The van der Waals surface area contributed by atoms with Crippen LogP contribution in [0.4, 0.5) is 13.2 Å². The molecule has 2 atom stereocenters. The monoisotopic (exact) mass is 300 g/mol.